The number of phenolic OH excluding ortho intramolecular Hbond substituents is 1. The first-order valence-electron chi connectivity index (χ1n) is 7.38. The lowest BCUT2D eigenvalue weighted by Crippen LogP contribution is -2.24. The Kier molecular flexibility index (Phi) is 5.35. The normalized spacial score (nSPS) is 16.4. The van der Waals surface area contributed by atoms with Crippen LogP contribution in [0.2, 0.25) is 0 Å². The van der Waals surface area contributed by atoms with Gasteiger partial charge in [0.2, 0.25) is 5.91 Å². The van der Waals surface area contributed by atoms with Gasteiger partial charge in [0.05, 0.1) is 34.5 Å². The lowest BCUT2D eigenvalue weighted by atomic mass is 10.1. The zero-order valence-electron chi connectivity index (χ0n) is 14.1. The molecule has 1 N–H and O–H groups in total. The maximum absolute atomic E-state index is 11.5. The van der Waals surface area contributed by atoms with Crippen LogP contribution in [0.15, 0.2) is 25.2 Å². The number of phenols is 1. The molecule has 1 aromatic carbocycles. The maximum atomic E-state index is 11.5. The molecule has 136 valence electrons. The van der Waals surface area contributed by atoms with E-state index < -0.39 is 0 Å². The summed E-state index contributed by atoms with van der Waals surface area (Å²) < 4.78 is 12.0. The number of nitrogens with zero attached hydrogens (tertiary/aromatic N) is 3. The molecule has 7 nitrogen and oxygen atoms in total. The van der Waals surface area contributed by atoms with E-state index >= 15 is 0 Å². The number of carbonyl (C=O) groups is 1. The van der Waals surface area contributed by atoms with Gasteiger partial charge in [0, 0.05) is 7.05 Å². The van der Waals surface area contributed by atoms with Crippen LogP contribution in [0.1, 0.15) is 11.3 Å². The van der Waals surface area contributed by atoms with Crippen molar-refractivity contribution in [2.45, 2.75) is 6.92 Å². The quantitative estimate of drug-likeness (QED) is 0.429. The number of aromatic hydroxyl groups is 1. The number of rotatable bonds is 3. The molecule has 0 spiro atoms. The predicted octanol–water partition coefficient (Wildman–Crippen LogP) is 3.84. The number of hydrogen-bond donors (Lipinski definition) is 1. The zero-order chi connectivity index (χ0) is 19.0. The van der Waals surface area contributed by atoms with Crippen LogP contribution in [0.5, 0.6) is 11.5 Å². The summed E-state index contributed by atoms with van der Waals surface area (Å²) in [5.41, 5.74) is 0.697. The number of thioether (sulfide) groups is 1. The number of aryl methyl sites for hydroxylation is 1. The summed E-state index contributed by atoms with van der Waals surface area (Å²) in [5, 5.41) is 19.6. The van der Waals surface area contributed by atoms with Crippen molar-refractivity contribution in [2.24, 2.45) is 10.2 Å². The molecule has 1 saturated heterocycles. The molecule has 2 heterocycles. The second kappa shape index (κ2) is 7.37. The van der Waals surface area contributed by atoms with Crippen molar-refractivity contribution in [1.29, 1.82) is 0 Å². The van der Waals surface area contributed by atoms with E-state index in [0.29, 0.717) is 47.9 Å². The second-order valence-corrected chi connectivity index (χ2v) is 7.58. The molecule has 10 heteroatoms. The fraction of sp³-hybridized carbons (Fsp3) is 0.250. The molecule has 3 rings (SSSR count). The maximum Gasteiger partial charge on any atom is 0.238 e. The Hall–Kier alpha value is -1.91. The molecule has 26 heavy (non-hydrogen) atoms. The minimum atomic E-state index is -0.106. The van der Waals surface area contributed by atoms with Gasteiger partial charge in [-0.1, -0.05) is 24.0 Å². The van der Waals surface area contributed by atoms with Crippen LogP contribution in [0, 0.1) is 11.4 Å². The number of benzene rings is 1. The summed E-state index contributed by atoms with van der Waals surface area (Å²) in [7, 11) is 3.11. The topological polar surface area (TPSA) is 87.6 Å². The summed E-state index contributed by atoms with van der Waals surface area (Å²) in [6, 6.07) is 1.71. The SMILES string of the molecule is COc1c(/C=N/N=C2\SCC(=O)N2C)c(O)c(Br)c2oc(C)cc(=S)c12. The number of hydrogen-bond acceptors (Lipinski definition) is 8. The fourth-order valence-electron chi connectivity index (χ4n) is 2.44. The lowest BCUT2D eigenvalue weighted by Gasteiger charge is -2.13. The first-order valence-corrected chi connectivity index (χ1v) is 9.57. The third-order valence-electron chi connectivity index (χ3n) is 3.72. The van der Waals surface area contributed by atoms with Crippen molar-refractivity contribution in [3.63, 3.8) is 0 Å². The van der Waals surface area contributed by atoms with Gasteiger partial charge in [0.1, 0.15) is 21.7 Å². The number of halogens is 1. The zero-order valence-corrected chi connectivity index (χ0v) is 17.3. The average molecular weight is 456 g/mol. The molecule has 1 aliphatic heterocycles. The summed E-state index contributed by atoms with van der Waals surface area (Å²) in [5.74, 6) is 1.14. The first-order chi connectivity index (χ1) is 12.3. The van der Waals surface area contributed by atoms with Crippen LogP contribution in [0.3, 0.4) is 0 Å². The molecule has 1 aromatic heterocycles. The number of fused-ring (bicyclic) bond motifs is 1. The third kappa shape index (κ3) is 3.24. The molecular weight excluding hydrogens is 442 g/mol. The monoisotopic (exact) mass is 455 g/mol. The third-order valence-corrected chi connectivity index (χ3v) is 5.79. The van der Waals surface area contributed by atoms with E-state index in [0.717, 1.165) is 0 Å². The fourth-order valence-corrected chi connectivity index (χ4v) is 4.13. The molecule has 1 aliphatic rings. The van der Waals surface area contributed by atoms with Gasteiger partial charge in [-0.15, -0.1) is 5.10 Å². The van der Waals surface area contributed by atoms with Crippen molar-refractivity contribution in [3.8, 4) is 11.5 Å². The highest BCUT2D eigenvalue weighted by Crippen LogP contribution is 2.43. The van der Waals surface area contributed by atoms with E-state index in [4.69, 9.17) is 21.4 Å². The lowest BCUT2D eigenvalue weighted by molar-refractivity contribution is -0.123. The number of amidine groups is 1. The molecule has 1 amide bonds. The van der Waals surface area contributed by atoms with Gasteiger partial charge in [-0.3, -0.25) is 9.69 Å². The Morgan fingerprint density at radius 3 is 2.88 bits per heavy atom. The Bertz CT molecular complexity index is 1030. The molecule has 2 aromatic rings. The number of carbonyl (C=O) groups excluding carboxylic acids is 1. The Balaban J connectivity index is 2.16. The molecule has 1 fully saturated rings. The molecule has 0 aliphatic carbocycles. The predicted molar refractivity (Wildman–Crippen MR) is 108 cm³/mol. The van der Waals surface area contributed by atoms with Gasteiger partial charge in [-0.05, 0) is 28.9 Å². The van der Waals surface area contributed by atoms with Crippen molar-refractivity contribution in [3.05, 3.63) is 26.4 Å². The summed E-state index contributed by atoms with van der Waals surface area (Å²) >= 11 is 10.1. The van der Waals surface area contributed by atoms with E-state index in [1.165, 1.54) is 30.0 Å². The largest absolute Gasteiger partial charge is 0.506 e. The van der Waals surface area contributed by atoms with E-state index in [-0.39, 0.29) is 11.7 Å². The molecule has 0 radical (unpaired) electrons. The van der Waals surface area contributed by atoms with Crippen LogP contribution in [-0.4, -0.2) is 47.2 Å². The minimum absolute atomic E-state index is 0.0365. The Morgan fingerprint density at radius 2 is 2.27 bits per heavy atom. The molecule has 0 atom stereocenters. The highest BCUT2D eigenvalue weighted by Gasteiger charge is 2.24. The van der Waals surface area contributed by atoms with Crippen molar-refractivity contribution in [2.75, 3.05) is 19.9 Å². The number of ether oxygens (including phenoxy) is 1. The average Bonchev–Trinajstić information content (AvgIpc) is 2.91. The van der Waals surface area contributed by atoms with Crippen molar-refractivity contribution < 1.29 is 19.1 Å². The van der Waals surface area contributed by atoms with E-state index in [1.54, 1.807) is 20.0 Å². The van der Waals surface area contributed by atoms with Crippen LogP contribution in [0.4, 0.5) is 0 Å². The molecule has 0 unspecified atom stereocenters. The van der Waals surface area contributed by atoms with Gasteiger partial charge in [-0.2, -0.15) is 5.10 Å². The number of amides is 1. The Labute approximate surface area is 166 Å². The summed E-state index contributed by atoms with van der Waals surface area (Å²) in [4.78, 5) is 12.9. The second-order valence-electron chi connectivity index (χ2n) is 5.40. The van der Waals surface area contributed by atoms with Gasteiger partial charge in [0.25, 0.3) is 0 Å². The van der Waals surface area contributed by atoms with E-state index in [2.05, 4.69) is 26.1 Å². The van der Waals surface area contributed by atoms with Crippen LogP contribution in [0.25, 0.3) is 11.0 Å². The number of methoxy groups -OCH3 is 1. The van der Waals surface area contributed by atoms with Crippen molar-refractivity contribution >= 4 is 68.2 Å². The Morgan fingerprint density at radius 1 is 1.54 bits per heavy atom. The minimum Gasteiger partial charge on any atom is -0.506 e. The molecular formula is C16H14BrN3O4S2. The molecule has 0 saturated carbocycles. The molecule has 0 bridgehead atoms. The first kappa shape index (κ1) is 18.9. The van der Waals surface area contributed by atoms with Crippen LogP contribution < -0.4 is 4.74 Å². The highest BCUT2D eigenvalue weighted by atomic mass is 79.9. The highest BCUT2D eigenvalue weighted by molar-refractivity contribution is 9.10. The summed E-state index contributed by atoms with van der Waals surface area (Å²) in [6.07, 6.45) is 1.36. The van der Waals surface area contributed by atoms with E-state index in [9.17, 15) is 9.90 Å². The van der Waals surface area contributed by atoms with E-state index in [1.807, 2.05) is 0 Å². The van der Waals surface area contributed by atoms with Gasteiger partial charge < -0.3 is 14.3 Å². The van der Waals surface area contributed by atoms with Crippen LogP contribution >= 0.6 is 39.9 Å². The standard InChI is InChI=1S/C16H14BrN3O4S2/c1-7-4-9(25)11-14(23-3)8(13(22)12(17)15(11)24-7)5-18-19-16-20(2)10(21)6-26-16/h4-5,22H,6H2,1-3H3/b18-5+,19-16-. The van der Waals surface area contributed by atoms with Gasteiger partial charge in [-0.25, -0.2) is 0 Å². The van der Waals surface area contributed by atoms with Crippen molar-refractivity contribution in [1.82, 2.24) is 4.90 Å². The van der Waals surface area contributed by atoms with Crippen LogP contribution in [-0.2, 0) is 4.79 Å². The van der Waals surface area contributed by atoms with Gasteiger partial charge in [0.15, 0.2) is 10.8 Å². The van der Waals surface area contributed by atoms with Gasteiger partial charge >= 0.3 is 0 Å². The summed E-state index contributed by atoms with van der Waals surface area (Å²) in [6.45, 7) is 1.77. The smallest absolute Gasteiger partial charge is 0.238 e.